The molecule has 2 aromatic heterocycles. The monoisotopic (exact) mass is 249 g/mol. The van der Waals surface area contributed by atoms with Crippen LogP contribution in [0.15, 0.2) is 12.4 Å². The largest absolute Gasteiger partial charge is 0.341 e. The van der Waals surface area contributed by atoms with Crippen molar-refractivity contribution in [2.24, 2.45) is 5.84 Å². The van der Waals surface area contributed by atoms with Crippen LogP contribution in [-0.4, -0.2) is 36.5 Å². The van der Waals surface area contributed by atoms with E-state index in [1.165, 1.54) is 12.4 Å². The van der Waals surface area contributed by atoms with E-state index < -0.39 is 11.9 Å². The molecule has 0 saturated heterocycles. The Kier molecular flexibility index (Phi) is 3.38. The van der Waals surface area contributed by atoms with Crippen LogP contribution in [0, 0.1) is 0 Å². The molecule has 10 heteroatoms. The SMILES string of the molecule is CC(NC(=O)c1cncc(NN)n1)c1nn[nH]n1. The lowest BCUT2D eigenvalue weighted by Crippen LogP contribution is -2.28. The molecule has 0 fully saturated rings. The van der Waals surface area contributed by atoms with Crippen molar-refractivity contribution in [1.29, 1.82) is 0 Å². The third-order valence-electron chi connectivity index (χ3n) is 2.11. The van der Waals surface area contributed by atoms with E-state index in [1.54, 1.807) is 6.92 Å². The molecule has 0 aliphatic rings. The van der Waals surface area contributed by atoms with Crippen molar-refractivity contribution in [1.82, 2.24) is 35.9 Å². The molecule has 94 valence electrons. The van der Waals surface area contributed by atoms with Gasteiger partial charge in [0.2, 0.25) is 0 Å². The van der Waals surface area contributed by atoms with E-state index in [0.29, 0.717) is 11.6 Å². The standard InChI is InChI=1S/C8H11N9O/c1-4(7-14-16-17-15-7)11-8(18)5-2-10-3-6(12-5)13-9/h2-4H,9H2,1H3,(H,11,18)(H,12,13)(H,14,15,16,17). The van der Waals surface area contributed by atoms with Gasteiger partial charge in [-0.2, -0.15) is 5.21 Å². The lowest BCUT2D eigenvalue weighted by atomic mass is 10.3. The highest BCUT2D eigenvalue weighted by molar-refractivity contribution is 5.92. The minimum atomic E-state index is -0.406. The lowest BCUT2D eigenvalue weighted by Gasteiger charge is -2.09. The fourth-order valence-electron chi connectivity index (χ4n) is 1.23. The molecule has 1 atom stereocenters. The number of carbonyl (C=O) groups is 1. The molecule has 0 spiro atoms. The third kappa shape index (κ3) is 2.55. The van der Waals surface area contributed by atoms with Gasteiger partial charge in [-0.05, 0) is 6.92 Å². The summed E-state index contributed by atoms with van der Waals surface area (Å²) in [5.41, 5.74) is 2.45. The summed E-state index contributed by atoms with van der Waals surface area (Å²) in [6.45, 7) is 1.72. The zero-order valence-corrected chi connectivity index (χ0v) is 9.45. The van der Waals surface area contributed by atoms with Crippen LogP contribution in [-0.2, 0) is 0 Å². The first kappa shape index (κ1) is 11.9. The second-order valence-electron chi connectivity index (χ2n) is 3.40. The Morgan fingerprint density at radius 1 is 1.50 bits per heavy atom. The topological polar surface area (TPSA) is 147 Å². The molecule has 1 unspecified atom stereocenters. The molecule has 18 heavy (non-hydrogen) atoms. The van der Waals surface area contributed by atoms with E-state index in [1.807, 2.05) is 0 Å². The molecule has 1 amide bonds. The number of carbonyl (C=O) groups excluding carboxylic acids is 1. The Balaban J connectivity index is 2.07. The van der Waals surface area contributed by atoms with Crippen molar-refractivity contribution >= 4 is 11.7 Å². The number of nitrogens with one attached hydrogen (secondary N) is 3. The lowest BCUT2D eigenvalue weighted by molar-refractivity contribution is 0.0933. The quantitative estimate of drug-likeness (QED) is 0.388. The van der Waals surface area contributed by atoms with Crippen LogP contribution in [0.25, 0.3) is 0 Å². The Hall–Kier alpha value is -2.62. The number of anilines is 1. The molecule has 0 aromatic carbocycles. The van der Waals surface area contributed by atoms with Gasteiger partial charge in [0.05, 0.1) is 18.4 Å². The average molecular weight is 249 g/mol. The molecule has 0 bridgehead atoms. The maximum absolute atomic E-state index is 11.9. The summed E-state index contributed by atoms with van der Waals surface area (Å²) in [5, 5.41) is 15.9. The average Bonchev–Trinajstić information content (AvgIpc) is 2.92. The fourth-order valence-corrected chi connectivity index (χ4v) is 1.23. The number of tetrazole rings is 1. The number of hydrogen-bond acceptors (Lipinski definition) is 8. The first-order valence-electron chi connectivity index (χ1n) is 5.03. The van der Waals surface area contributed by atoms with Gasteiger partial charge in [0.25, 0.3) is 5.91 Å². The molecular formula is C8H11N9O. The van der Waals surface area contributed by atoms with Crippen molar-refractivity contribution < 1.29 is 4.79 Å². The third-order valence-corrected chi connectivity index (χ3v) is 2.11. The molecule has 2 rings (SSSR count). The molecule has 5 N–H and O–H groups in total. The summed E-state index contributed by atoms with van der Waals surface area (Å²) in [7, 11) is 0. The smallest absolute Gasteiger partial charge is 0.272 e. The first-order chi connectivity index (χ1) is 8.70. The zero-order chi connectivity index (χ0) is 13.0. The molecule has 0 aliphatic carbocycles. The first-order valence-corrected chi connectivity index (χ1v) is 5.03. The normalized spacial score (nSPS) is 11.9. The number of hydrazine groups is 1. The van der Waals surface area contributed by atoms with Crippen LogP contribution in [0.3, 0.4) is 0 Å². The van der Waals surface area contributed by atoms with Crippen LogP contribution in [0.4, 0.5) is 5.82 Å². The van der Waals surface area contributed by atoms with Crippen LogP contribution >= 0.6 is 0 Å². The van der Waals surface area contributed by atoms with Crippen molar-refractivity contribution in [3.8, 4) is 0 Å². The molecule has 0 saturated carbocycles. The number of nitrogens with zero attached hydrogens (tertiary/aromatic N) is 5. The highest BCUT2D eigenvalue weighted by atomic mass is 16.2. The number of rotatable bonds is 4. The van der Waals surface area contributed by atoms with Gasteiger partial charge >= 0.3 is 0 Å². The van der Waals surface area contributed by atoms with E-state index in [9.17, 15) is 4.79 Å². The van der Waals surface area contributed by atoms with Crippen molar-refractivity contribution in [3.63, 3.8) is 0 Å². The van der Waals surface area contributed by atoms with Gasteiger partial charge in [-0.15, -0.1) is 10.2 Å². The molecular weight excluding hydrogens is 238 g/mol. The number of nitrogens with two attached hydrogens (primary N) is 1. The van der Waals surface area contributed by atoms with Gasteiger partial charge in [-0.1, -0.05) is 5.21 Å². The molecule has 0 aliphatic heterocycles. The minimum Gasteiger partial charge on any atom is -0.341 e. The van der Waals surface area contributed by atoms with Gasteiger partial charge in [-0.25, -0.2) is 10.8 Å². The number of nitrogen functional groups attached to an aromatic ring is 1. The van der Waals surface area contributed by atoms with Crippen LogP contribution in [0.2, 0.25) is 0 Å². The van der Waals surface area contributed by atoms with E-state index in [4.69, 9.17) is 5.84 Å². The number of aromatic amines is 1. The van der Waals surface area contributed by atoms with Crippen molar-refractivity contribution in [2.75, 3.05) is 5.43 Å². The summed E-state index contributed by atoms with van der Waals surface area (Å²) in [6.07, 6.45) is 2.73. The second-order valence-corrected chi connectivity index (χ2v) is 3.40. The minimum absolute atomic E-state index is 0.140. The van der Waals surface area contributed by atoms with Crippen molar-refractivity contribution in [3.05, 3.63) is 23.9 Å². The summed E-state index contributed by atoms with van der Waals surface area (Å²) >= 11 is 0. The Morgan fingerprint density at radius 3 is 3.00 bits per heavy atom. The summed E-state index contributed by atoms with van der Waals surface area (Å²) < 4.78 is 0. The maximum Gasteiger partial charge on any atom is 0.272 e. The van der Waals surface area contributed by atoms with Crippen LogP contribution in [0.5, 0.6) is 0 Å². The summed E-state index contributed by atoms with van der Waals surface area (Å²) in [6, 6.07) is -0.396. The number of amides is 1. The molecule has 10 nitrogen and oxygen atoms in total. The molecule has 0 radical (unpaired) electrons. The Labute approximate surface area is 101 Å². The predicted molar refractivity (Wildman–Crippen MR) is 59.9 cm³/mol. The van der Waals surface area contributed by atoms with E-state index in [2.05, 4.69) is 41.3 Å². The highest BCUT2D eigenvalue weighted by Crippen LogP contribution is 2.06. The Bertz CT molecular complexity index is 525. The summed E-state index contributed by atoms with van der Waals surface area (Å²) in [4.78, 5) is 19.6. The van der Waals surface area contributed by atoms with Gasteiger partial charge in [0.1, 0.15) is 5.69 Å². The van der Waals surface area contributed by atoms with Gasteiger partial charge in [-0.3, -0.25) is 9.78 Å². The van der Waals surface area contributed by atoms with E-state index in [0.717, 1.165) is 0 Å². The maximum atomic E-state index is 11.9. The number of aromatic nitrogens is 6. The number of H-pyrrole nitrogens is 1. The zero-order valence-electron chi connectivity index (χ0n) is 9.45. The van der Waals surface area contributed by atoms with Gasteiger partial charge < -0.3 is 10.7 Å². The fraction of sp³-hybridized carbons (Fsp3) is 0.250. The summed E-state index contributed by atoms with van der Waals surface area (Å²) in [5.74, 6) is 5.45. The second kappa shape index (κ2) is 5.14. The van der Waals surface area contributed by atoms with Crippen molar-refractivity contribution in [2.45, 2.75) is 13.0 Å². The van der Waals surface area contributed by atoms with E-state index >= 15 is 0 Å². The number of hydrogen-bond donors (Lipinski definition) is 4. The highest BCUT2D eigenvalue weighted by Gasteiger charge is 2.16. The molecule has 2 heterocycles. The van der Waals surface area contributed by atoms with E-state index in [-0.39, 0.29) is 5.69 Å². The Morgan fingerprint density at radius 2 is 2.33 bits per heavy atom. The van der Waals surface area contributed by atoms with Gasteiger partial charge in [0, 0.05) is 0 Å². The van der Waals surface area contributed by atoms with Crippen LogP contribution in [0.1, 0.15) is 29.3 Å². The predicted octanol–water partition coefficient (Wildman–Crippen LogP) is -1.23. The molecule has 2 aromatic rings. The van der Waals surface area contributed by atoms with Gasteiger partial charge in [0.15, 0.2) is 11.6 Å². The van der Waals surface area contributed by atoms with Crippen LogP contribution < -0.4 is 16.6 Å².